The third-order valence-corrected chi connectivity index (χ3v) is 4.86. The molecule has 3 heterocycles. The van der Waals surface area contributed by atoms with Crippen LogP contribution in [-0.4, -0.2) is 38.3 Å². The fraction of sp³-hybridized carbons (Fsp3) is 0.421. The van der Waals surface area contributed by atoms with Gasteiger partial charge in [0.15, 0.2) is 28.5 Å². The van der Waals surface area contributed by atoms with Crippen LogP contribution in [-0.2, 0) is 11.3 Å². The Morgan fingerprint density at radius 3 is 3.07 bits per heavy atom. The Bertz CT molecular complexity index is 970. The molecule has 0 spiro atoms. The van der Waals surface area contributed by atoms with Gasteiger partial charge < -0.3 is 19.9 Å². The molecule has 2 aromatic heterocycles. The first-order valence-corrected chi connectivity index (χ1v) is 9.27. The van der Waals surface area contributed by atoms with Crippen LogP contribution in [0.3, 0.4) is 0 Å². The highest BCUT2D eigenvalue weighted by Gasteiger charge is 2.21. The lowest BCUT2D eigenvalue weighted by molar-refractivity contribution is 0.00928. The van der Waals surface area contributed by atoms with E-state index < -0.39 is 6.08 Å². The van der Waals surface area contributed by atoms with Gasteiger partial charge in [-0.15, -0.1) is 0 Å². The van der Waals surface area contributed by atoms with Crippen LogP contribution in [0, 0.1) is 6.08 Å². The first kappa shape index (κ1) is 18.4. The fourth-order valence-corrected chi connectivity index (χ4v) is 3.40. The van der Waals surface area contributed by atoms with Crippen LogP contribution in [0.4, 0.5) is 10.2 Å². The summed E-state index contributed by atoms with van der Waals surface area (Å²) in [6, 6.07) is 5.18. The van der Waals surface area contributed by atoms with Gasteiger partial charge in [0, 0.05) is 18.7 Å². The number of hydrogen-bond acceptors (Lipinski definition) is 7. The first-order valence-electron chi connectivity index (χ1n) is 9.27. The number of aromatic hydroxyl groups is 1. The molecule has 0 aliphatic carbocycles. The molecule has 0 amide bonds. The van der Waals surface area contributed by atoms with Crippen molar-refractivity contribution in [3.05, 3.63) is 36.2 Å². The van der Waals surface area contributed by atoms with E-state index >= 15 is 0 Å². The SMILES string of the molecule is COc1cccc(CNc2nc(F)nc3c2ncn3C2CCCCCO2)c1O. The van der Waals surface area contributed by atoms with Gasteiger partial charge in [-0.05, 0) is 25.3 Å². The number of nitrogens with one attached hydrogen (secondary N) is 1. The molecular formula is C19H22FN5O3. The molecule has 1 aliphatic rings. The van der Waals surface area contributed by atoms with E-state index in [0.29, 0.717) is 29.1 Å². The molecule has 2 N–H and O–H groups in total. The lowest BCUT2D eigenvalue weighted by Gasteiger charge is -2.17. The van der Waals surface area contributed by atoms with E-state index in [0.717, 1.165) is 25.7 Å². The van der Waals surface area contributed by atoms with Crippen molar-refractivity contribution in [2.45, 2.75) is 38.5 Å². The van der Waals surface area contributed by atoms with Crippen LogP contribution in [0.2, 0.25) is 0 Å². The van der Waals surface area contributed by atoms with Crippen molar-refractivity contribution in [3.63, 3.8) is 0 Å². The molecule has 1 aliphatic heterocycles. The lowest BCUT2D eigenvalue weighted by atomic mass is 10.2. The summed E-state index contributed by atoms with van der Waals surface area (Å²) >= 11 is 0. The molecule has 8 nitrogen and oxygen atoms in total. The standard InChI is InChI=1S/C19H22FN5O3/c1-27-13-7-5-6-12(16(13)26)10-21-17-15-18(24-19(20)23-17)25(11-22-15)14-8-3-2-4-9-28-14/h5-7,11,14,26H,2-4,8-10H2,1H3,(H,21,23,24). The number of rotatable bonds is 5. The average molecular weight is 387 g/mol. The van der Waals surface area contributed by atoms with Crippen LogP contribution >= 0.6 is 0 Å². The largest absolute Gasteiger partial charge is 0.504 e. The summed E-state index contributed by atoms with van der Waals surface area (Å²) in [6.45, 7) is 0.888. The molecule has 28 heavy (non-hydrogen) atoms. The highest BCUT2D eigenvalue weighted by molar-refractivity contribution is 5.82. The molecule has 0 bridgehead atoms. The molecule has 1 unspecified atom stereocenters. The number of anilines is 1. The Morgan fingerprint density at radius 1 is 1.32 bits per heavy atom. The zero-order chi connectivity index (χ0) is 19.5. The molecule has 148 valence electrons. The Balaban J connectivity index is 1.63. The van der Waals surface area contributed by atoms with E-state index in [4.69, 9.17) is 9.47 Å². The van der Waals surface area contributed by atoms with Gasteiger partial charge in [-0.2, -0.15) is 14.4 Å². The van der Waals surface area contributed by atoms with Gasteiger partial charge >= 0.3 is 6.08 Å². The smallest absolute Gasteiger partial charge is 0.312 e. The number of ether oxygens (including phenoxy) is 2. The van der Waals surface area contributed by atoms with Crippen LogP contribution in [0.1, 0.15) is 37.5 Å². The zero-order valence-electron chi connectivity index (χ0n) is 15.6. The average Bonchev–Trinajstić information content (AvgIpc) is 2.93. The number of imidazole rings is 1. The topological polar surface area (TPSA) is 94.3 Å². The molecule has 0 radical (unpaired) electrons. The fourth-order valence-electron chi connectivity index (χ4n) is 3.40. The summed E-state index contributed by atoms with van der Waals surface area (Å²) in [5.74, 6) is 0.658. The molecule has 3 aromatic rings. The number of para-hydroxylation sites is 1. The van der Waals surface area contributed by atoms with E-state index in [1.807, 2.05) is 0 Å². The van der Waals surface area contributed by atoms with Crippen LogP contribution < -0.4 is 10.1 Å². The van der Waals surface area contributed by atoms with E-state index in [2.05, 4.69) is 20.3 Å². The molecule has 1 fully saturated rings. The van der Waals surface area contributed by atoms with Crippen molar-refractivity contribution in [3.8, 4) is 11.5 Å². The van der Waals surface area contributed by atoms with Crippen LogP contribution in [0.15, 0.2) is 24.5 Å². The van der Waals surface area contributed by atoms with Gasteiger partial charge in [0.05, 0.1) is 13.4 Å². The van der Waals surface area contributed by atoms with Crippen LogP contribution in [0.5, 0.6) is 11.5 Å². The first-order chi connectivity index (χ1) is 13.7. The number of hydrogen-bond donors (Lipinski definition) is 2. The maximum atomic E-state index is 14.1. The molecule has 1 atom stereocenters. The minimum Gasteiger partial charge on any atom is -0.504 e. The summed E-state index contributed by atoms with van der Waals surface area (Å²) in [4.78, 5) is 12.2. The van der Waals surface area contributed by atoms with Crippen LogP contribution in [0.25, 0.3) is 11.2 Å². The minimum absolute atomic E-state index is 0.0284. The Labute approximate surface area is 161 Å². The molecule has 9 heteroatoms. The summed E-state index contributed by atoms with van der Waals surface area (Å²) in [5.41, 5.74) is 1.44. The number of fused-ring (bicyclic) bond motifs is 1. The van der Waals surface area contributed by atoms with Crippen molar-refractivity contribution < 1.29 is 19.0 Å². The number of nitrogens with zero attached hydrogens (tertiary/aromatic N) is 4. The van der Waals surface area contributed by atoms with Crippen molar-refractivity contribution in [1.82, 2.24) is 19.5 Å². The Hall–Kier alpha value is -2.94. The molecule has 4 rings (SSSR count). The normalized spacial score (nSPS) is 17.4. The third-order valence-electron chi connectivity index (χ3n) is 4.86. The number of phenolic OH excluding ortho intramolecular Hbond substituents is 1. The van der Waals surface area contributed by atoms with Crippen molar-refractivity contribution in [1.29, 1.82) is 0 Å². The van der Waals surface area contributed by atoms with E-state index in [9.17, 15) is 9.50 Å². The van der Waals surface area contributed by atoms with Crippen molar-refractivity contribution >= 4 is 17.0 Å². The second-order valence-electron chi connectivity index (χ2n) is 6.66. The summed E-state index contributed by atoms with van der Waals surface area (Å²) in [7, 11) is 1.48. The highest BCUT2D eigenvalue weighted by atomic mass is 19.1. The highest BCUT2D eigenvalue weighted by Crippen LogP contribution is 2.31. The molecule has 0 saturated carbocycles. The van der Waals surface area contributed by atoms with Crippen molar-refractivity contribution in [2.24, 2.45) is 0 Å². The number of phenols is 1. The van der Waals surface area contributed by atoms with E-state index in [1.54, 1.807) is 29.1 Å². The van der Waals surface area contributed by atoms with Crippen molar-refractivity contribution in [2.75, 3.05) is 19.0 Å². The van der Waals surface area contributed by atoms with Gasteiger partial charge in [0.2, 0.25) is 0 Å². The van der Waals surface area contributed by atoms with E-state index in [-0.39, 0.29) is 24.3 Å². The predicted octanol–water partition coefficient (Wildman–Crippen LogP) is 3.38. The summed E-state index contributed by atoms with van der Waals surface area (Å²) < 4.78 is 26.9. The molecule has 1 saturated heterocycles. The monoisotopic (exact) mass is 387 g/mol. The second-order valence-corrected chi connectivity index (χ2v) is 6.66. The van der Waals surface area contributed by atoms with E-state index in [1.165, 1.54) is 7.11 Å². The Morgan fingerprint density at radius 2 is 2.21 bits per heavy atom. The number of methoxy groups -OCH3 is 1. The maximum absolute atomic E-state index is 14.1. The summed E-state index contributed by atoms with van der Waals surface area (Å²) in [6.07, 6.45) is 4.56. The quantitative estimate of drug-likeness (QED) is 0.648. The third kappa shape index (κ3) is 3.57. The molecular weight excluding hydrogens is 365 g/mol. The van der Waals surface area contributed by atoms with Gasteiger partial charge in [-0.25, -0.2) is 4.98 Å². The second kappa shape index (κ2) is 7.97. The Kier molecular flexibility index (Phi) is 5.25. The molecule has 1 aromatic carbocycles. The number of halogens is 1. The van der Waals surface area contributed by atoms with Gasteiger partial charge in [0.1, 0.15) is 6.23 Å². The summed E-state index contributed by atoms with van der Waals surface area (Å²) in [5, 5.41) is 13.3. The lowest BCUT2D eigenvalue weighted by Crippen LogP contribution is -2.12. The zero-order valence-corrected chi connectivity index (χ0v) is 15.6. The minimum atomic E-state index is -0.847. The van der Waals surface area contributed by atoms with Gasteiger partial charge in [-0.1, -0.05) is 18.6 Å². The number of benzene rings is 1. The predicted molar refractivity (Wildman–Crippen MR) is 101 cm³/mol. The van der Waals surface area contributed by atoms with Gasteiger partial charge in [0.25, 0.3) is 0 Å². The number of aromatic nitrogens is 4. The van der Waals surface area contributed by atoms with Gasteiger partial charge in [-0.3, -0.25) is 4.57 Å². The maximum Gasteiger partial charge on any atom is 0.312 e.